The van der Waals surface area contributed by atoms with Crippen molar-refractivity contribution in [2.75, 3.05) is 31.2 Å². The molecule has 4 rings (SSSR count). The van der Waals surface area contributed by atoms with Gasteiger partial charge in [-0.15, -0.1) is 0 Å². The third kappa shape index (κ3) is 3.75. The van der Waals surface area contributed by atoms with Crippen LogP contribution in [0.25, 0.3) is 11.4 Å². The summed E-state index contributed by atoms with van der Waals surface area (Å²) in [7, 11) is 0. The van der Waals surface area contributed by atoms with Crippen molar-refractivity contribution in [1.29, 1.82) is 0 Å². The summed E-state index contributed by atoms with van der Waals surface area (Å²) in [5.74, 6) is 2.77. The van der Waals surface area contributed by atoms with Gasteiger partial charge in [0.05, 0.1) is 13.2 Å². The fourth-order valence-corrected chi connectivity index (χ4v) is 2.77. The van der Waals surface area contributed by atoms with Crippen LogP contribution in [0.15, 0.2) is 60.7 Å². The van der Waals surface area contributed by atoms with Crippen molar-refractivity contribution in [2.24, 2.45) is 0 Å². The Labute approximate surface area is 151 Å². The van der Waals surface area contributed by atoms with E-state index in [-0.39, 0.29) is 5.75 Å². The van der Waals surface area contributed by atoms with Crippen LogP contribution in [-0.2, 0) is 4.74 Å². The monoisotopic (exact) mass is 349 g/mol. The molecule has 132 valence electrons. The molecule has 1 N–H and O–H groups in total. The second-order valence-corrected chi connectivity index (χ2v) is 5.95. The lowest BCUT2D eigenvalue weighted by Crippen LogP contribution is -2.36. The third-order valence-corrected chi connectivity index (χ3v) is 4.12. The zero-order chi connectivity index (χ0) is 17.8. The molecule has 0 saturated carbocycles. The van der Waals surface area contributed by atoms with Crippen LogP contribution in [0.3, 0.4) is 0 Å². The van der Waals surface area contributed by atoms with Crippen LogP contribution in [0.1, 0.15) is 0 Å². The first-order chi connectivity index (χ1) is 12.8. The molecule has 0 spiro atoms. The fraction of sp³-hybridized carbons (Fsp3) is 0.200. The van der Waals surface area contributed by atoms with E-state index in [0.717, 1.165) is 30.2 Å². The quantitative estimate of drug-likeness (QED) is 0.778. The molecule has 2 aromatic carbocycles. The number of anilines is 1. The number of rotatable bonds is 4. The number of phenols is 1. The summed E-state index contributed by atoms with van der Waals surface area (Å²) in [5.41, 5.74) is 0.816. The minimum absolute atomic E-state index is 0.207. The van der Waals surface area contributed by atoms with Gasteiger partial charge in [0, 0.05) is 24.7 Å². The van der Waals surface area contributed by atoms with Crippen molar-refractivity contribution < 1.29 is 14.6 Å². The molecule has 6 nitrogen and oxygen atoms in total. The maximum absolute atomic E-state index is 9.52. The standard InChI is InChI=1S/C20H19N3O3/c24-16-8-6-15(7-9-16)20-21-18(23-10-12-25-13-11-23)14-19(22-20)26-17-4-2-1-3-5-17/h1-9,14,24H,10-13H2. The van der Waals surface area contributed by atoms with Gasteiger partial charge < -0.3 is 19.5 Å². The largest absolute Gasteiger partial charge is 0.508 e. The molecule has 1 aliphatic heterocycles. The van der Waals surface area contributed by atoms with Crippen molar-refractivity contribution in [3.05, 3.63) is 60.7 Å². The van der Waals surface area contributed by atoms with E-state index in [1.54, 1.807) is 24.3 Å². The summed E-state index contributed by atoms with van der Waals surface area (Å²) in [6.45, 7) is 2.90. The van der Waals surface area contributed by atoms with Crippen molar-refractivity contribution in [3.63, 3.8) is 0 Å². The first-order valence-electron chi connectivity index (χ1n) is 8.52. The maximum atomic E-state index is 9.52. The van der Waals surface area contributed by atoms with Gasteiger partial charge in [0.2, 0.25) is 5.88 Å². The SMILES string of the molecule is Oc1ccc(-c2nc(Oc3ccccc3)cc(N3CCOCC3)n2)cc1. The molecule has 3 aromatic rings. The molecule has 1 fully saturated rings. The van der Waals surface area contributed by atoms with Crippen LogP contribution in [0, 0.1) is 0 Å². The molecular weight excluding hydrogens is 330 g/mol. The van der Waals surface area contributed by atoms with Crippen LogP contribution < -0.4 is 9.64 Å². The predicted octanol–water partition coefficient (Wildman–Crippen LogP) is 3.48. The molecule has 0 radical (unpaired) electrons. The molecule has 2 heterocycles. The van der Waals surface area contributed by atoms with Gasteiger partial charge in [-0.25, -0.2) is 4.98 Å². The normalized spacial score (nSPS) is 14.2. The lowest BCUT2D eigenvalue weighted by atomic mass is 10.2. The second kappa shape index (κ2) is 7.41. The zero-order valence-electron chi connectivity index (χ0n) is 14.2. The van der Waals surface area contributed by atoms with E-state index >= 15 is 0 Å². The number of nitrogens with zero attached hydrogens (tertiary/aromatic N) is 3. The van der Waals surface area contributed by atoms with Crippen LogP contribution >= 0.6 is 0 Å². The van der Waals surface area contributed by atoms with Gasteiger partial charge >= 0.3 is 0 Å². The summed E-state index contributed by atoms with van der Waals surface area (Å²) in [5, 5.41) is 9.52. The molecular formula is C20H19N3O3. The Bertz CT molecular complexity index is 863. The number of aromatic nitrogens is 2. The summed E-state index contributed by atoms with van der Waals surface area (Å²) in [6.07, 6.45) is 0. The fourth-order valence-electron chi connectivity index (χ4n) is 2.77. The van der Waals surface area contributed by atoms with Gasteiger partial charge in [-0.2, -0.15) is 4.98 Å². The number of hydrogen-bond acceptors (Lipinski definition) is 6. The number of para-hydroxylation sites is 1. The first kappa shape index (κ1) is 16.4. The van der Waals surface area contributed by atoms with Crippen LogP contribution in [0.2, 0.25) is 0 Å². The number of benzene rings is 2. The Balaban J connectivity index is 1.72. The third-order valence-electron chi connectivity index (χ3n) is 4.12. The number of hydrogen-bond donors (Lipinski definition) is 1. The molecule has 0 bridgehead atoms. The second-order valence-electron chi connectivity index (χ2n) is 5.95. The number of morpholine rings is 1. The average Bonchev–Trinajstić information content (AvgIpc) is 2.70. The number of ether oxygens (including phenoxy) is 2. The maximum Gasteiger partial charge on any atom is 0.224 e. The Kier molecular flexibility index (Phi) is 4.66. The molecule has 1 saturated heterocycles. The summed E-state index contributed by atoms with van der Waals surface area (Å²) in [6, 6.07) is 18.2. The molecule has 0 unspecified atom stereocenters. The van der Waals surface area contributed by atoms with Gasteiger partial charge in [0.25, 0.3) is 0 Å². The van der Waals surface area contributed by atoms with E-state index < -0.39 is 0 Å². The minimum Gasteiger partial charge on any atom is -0.508 e. The van der Waals surface area contributed by atoms with E-state index in [1.807, 2.05) is 36.4 Å². The van der Waals surface area contributed by atoms with Crippen LogP contribution in [0.4, 0.5) is 5.82 Å². The summed E-state index contributed by atoms with van der Waals surface area (Å²) in [4.78, 5) is 11.4. The van der Waals surface area contributed by atoms with Gasteiger partial charge in [-0.3, -0.25) is 0 Å². The van der Waals surface area contributed by atoms with Crippen molar-refractivity contribution in [3.8, 4) is 28.8 Å². The number of phenolic OH excluding ortho intramolecular Hbond substituents is 1. The van der Waals surface area contributed by atoms with Gasteiger partial charge in [-0.05, 0) is 36.4 Å². The first-order valence-corrected chi connectivity index (χ1v) is 8.52. The van der Waals surface area contributed by atoms with Gasteiger partial charge in [0.1, 0.15) is 17.3 Å². The Morgan fingerprint density at radius 1 is 0.923 bits per heavy atom. The predicted molar refractivity (Wildman–Crippen MR) is 98.7 cm³/mol. The van der Waals surface area contributed by atoms with E-state index in [9.17, 15) is 5.11 Å². The zero-order valence-corrected chi connectivity index (χ0v) is 14.2. The smallest absolute Gasteiger partial charge is 0.224 e. The van der Waals surface area contributed by atoms with Crippen LogP contribution in [-0.4, -0.2) is 41.4 Å². The summed E-state index contributed by atoms with van der Waals surface area (Å²) >= 11 is 0. The average molecular weight is 349 g/mol. The van der Waals surface area contributed by atoms with Gasteiger partial charge in [0.15, 0.2) is 5.82 Å². The molecule has 1 aromatic heterocycles. The highest BCUT2D eigenvalue weighted by molar-refractivity contribution is 5.60. The Morgan fingerprint density at radius 3 is 2.38 bits per heavy atom. The molecule has 0 atom stereocenters. The van der Waals surface area contributed by atoms with E-state index in [2.05, 4.69) is 9.88 Å². The lowest BCUT2D eigenvalue weighted by Gasteiger charge is -2.28. The van der Waals surface area contributed by atoms with Gasteiger partial charge in [-0.1, -0.05) is 18.2 Å². The van der Waals surface area contributed by atoms with E-state index in [1.165, 1.54) is 0 Å². The molecule has 26 heavy (non-hydrogen) atoms. The minimum atomic E-state index is 0.207. The number of aromatic hydroxyl groups is 1. The highest BCUT2D eigenvalue weighted by Gasteiger charge is 2.16. The highest BCUT2D eigenvalue weighted by Crippen LogP contribution is 2.28. The molecule has 6 heteroatoms. The highest BCUT2D eigenvalue weighted by atomic mass is 16.5. The van der Waals surface area contributed by atoms with Crippen molar-refractivity contribution >= 4 is 5.82 Å². The molecule has 0 amide bonds. The van der Waals surface area contributed by atoms with Crippen molar-refractivity contribution in [1.82, 2.24) is 9.97 Å². The molecule has 1 aliphatic rings. The van der Waals surface area contributed by atoms with E-state index in [0.29, 0.717) is 24.9 Å². The molecule has 0 aliphatic carbocycles. The van der Waals surface area contributed by atoms with Crippen molar-refractivity contribution in [2.45, 2.75) is 0 Å². The van der Waals surface area contributed by atoms with E-state index in [4.69, 9.17) is 14.5 Å². The Hall–Kier alpha value is -3.12. The van der Waals surface area contributed by atoms with Crippen LogP contribution in [0.5, 0.6) is 17.4 Å². The summed E-state index contributed by atoms with van der Waals surface area (Å²) < 4.78 is 11.4. The topological polar surface area (TPSA) is 67.7 Å². The Morgan fingerprint density at radius 2 is 1.65 bits per heavy atom. The lowest BCUT2D eigenvalue weighted by molar-refractivity contribution is 0.122.